The number of nitrogens with one attached hydrogen (secondary N) is 2. The zero-order valence-corrected chi connectivity index (χ0v) is 16.4. The van der Waals surface area contributed by atoms with Gasteiger partial charge in [-0.1, -0.05) is 24.8 Å². The van der Waals surface area contributed by atoms with Gasteiger partial charge in [-0.05, 0) is 48.7 Å². The van der Waals surface area contributed by atoms with Crippen LogP contribution >= 0.6 is 0 Å². The second-order valence-corrected chi connectivity index (χ2v) is 7.51. The number of nitrogens with zero attached hydrogens (tertiary/aromatic N) is 3. The number of nitrogens with two attached hydrogens (primary N) is 3. The van der Waals surface area contributed by atoms with Gasteiger partial charge in [0.05, 0.1) is 5.92 Å². The molecule has 2 aliphatic carbocycles. The average molecular weight is 404 g/mol. The molecule has 4 unspecified atom stereocenters. The molecule has 1 saturated carbocycles. The van der Waals surface area contributed by atoms with Crippen LogP contribution in [-0.2, 0) is 4.79 Å². The fourth-order valence-corrected chi connectivity index (χ4v) is 4.31. The molecule has 0 aliphatic heterocycles. The molecule has 0 saturated heterocycles. The van der Waals surface area contributed by atoms with Gasteiger partial charge >= 0.3 is 0 Å². The number of amides is 1. The Kier molecular flexibility index (Phi) is 4.86. The van der Waals surface area contributed by atoms with Gasteiger partial charge in [0.2, 0.25) is 11.9 Å². The maximum Gasteiger partial charge on any atom is 0.231 e. The number of aliphatic imine (C=N–C) groups is 1. The van der Waals surface area contributed by atoms with Crippen LogP contribution in [0.1, 0.15) is 12.0 Å². The molecule has 9 heteroatoms. The minimum absolute atomic E-state index is 0.133. The van der Waals surface area contributed by atoms with Crippen molar-refractivity contribution in [1.29, 1.82) is 0 Å². The first-order valence-electron chi connectivity index (χ1n) is 9.58. The number of carbonyl (C=O) groups excluding carboxylic acids is 1. The summed E-state index contributed by atoms with van der Waals surface area (Å²) in [5, 5.41) is 6.45. The monoisotopic (exact) mass is 404 g/mol. The Morgan fingerprint density at radius 2 is 2.00 bits per heavy atom. The fourth-order valence-electron chi connectivity index (χ4n) is 4.31. The molecule has 0 radical (unpaired) electrons. The van der Waals surface area contributed by atoms with Gasteiger partial charge in [-0.25, -0.2) is 0 Å². The van der Waals surface area contributed by atoms with E-state index >= 15 is 0 Å². The van der Waals surface area contributed by atoms with Crippen molar-refractivity contribution >= 4 is 53.3 Å². The van der Waals surface area contributed by atoms with Crippen molar-refractivity contribution in [2.75, 3.05) is 22.1 Å². The minimum Gasteiger partial charge on any atom is -0.398 e. The van der Waals surface area contributed by atoms with Crippen molar-refractivity contribution in [3.8, 4) is 0 Å². The first-order valence-corrected chi connectivity index (χ1v) is 9.58. The van der Waals surface area contributed by atoms with E-state index in [4.69, 9.17) is 17.2 Å². The largest absolute Gasteiger partial charge is 0.398 e. The Morgan fingerprint density at radius 1 is 1.23 bits per heavy atom. The van der Waals surface area contributed by atoms with Crippen molar-refractivity contribution in [3.63, 3.8) is 0 Å². The zero-order valence-electron chi connectivity index (χ0n) is 16.4. The molecule has 30 heavy (non-hydrogen) atoms. The lowest BCUT2D eigenvalue weighted by Gasteiger charge is -2.27. The van der Waals surface area contributed by atoms with Crippen molar-refractivity contribution < 1.29 is 4.79 Å². The molecule has 0 spiro atoms. The number of anilines is 5. The van der Waals surface area contributed by atoms with Gasteiger partial charge in [0.15, 0.2) is 11.6 Å². The number of allylic oxidation sites excluding steroid dienone is 1. The van der Waals surface area contributed by atoms with E-state index < -0.39 is 0 Å². The Hall–Kier alpha value is -3.88. The highest BCUT2D eigenvalue weighted by Crippen LogP contribution is 2.45. The molecule has 4 atom stereocenters. The van der Waals surface area contributed by atoms with Gasteiger partial charge < -0.3 is 27.8 Å². The Labute approximate surface area is 174 Å². The molecule has 2 bridgehead atoms. The van der Waals surface area contributed by atoms with E-state index in [0.29, 0.717) is 17.2 Å². The SMILES string of the molecule is C=Cc1cc(Nc2nc(N)c(N=C)c(NC3C4C=CC(C4)C3C(N)=O)n2)ccc1N. The first-order chi connectivity index (χ1) is 14.4. The number of nitrogen functional groups attached to an aromatic ring is 2. The van der Waals surface area contributed by atoms with Crippen LogP contribution in [-0.4, -0.2) is 28.6 Å². The van der Waals surface area contributed by atoms with E-state index in [1.807, 2.05) is 6.07 Å². The summed E-state index contributed by atoms with van der Waals surface area (Å²) in [4.78, 5) is 24.8. The summed E-state index contributed by atoms with van der Waals surface area (Å²) in [5.41, 5.74) is 20.1. The second-order valence-electron chi connectivity index (χ2n) is 7.51. The molecule has 154 valence electrons. The number of rotatable bonds is 7. The highest BCUT2D eigenvalue weighted by molar-refractivity contribution is 5.81. The third kappa shape index (κ3) is 3.34. The third-order valence-electron chi connectivity index (χ3n) is 5.72. The van der Waals surface area contributed by atoms with E-state index in [1.54, 1.807) is 18.2 Å². The normalized spacial score (nSPS) is 23.9. The van der Waals surface area contributed by atoms with Gasteiger partial charge in [0.25, 0.3) is 0 Å². The van der Waals surface area contributed by atoms with Crippen molar-refractivity contribution in [2.24, 2.45) is 28.5 Å². The van der Waals surface area contributed by atoms with E-state index in [1.165, 1.54) is 0 Å². The molecule has 2 aliphatic rings. The molecule has 1 amide bonds. The topological polar surface area (TPSA) is 157 Å². The van der Waals surface area contributed by atoms with Gasteiger partial charge in [-0.2, -0.15) is 9.97 Å². The van der Waals surface area contributed by atoms with Gasteiger partial charge in [0, 0.05) is 17.4 Å². The molecule has 1 aromatic heterocycles. The molecular formula is C21H24N8O. The number of hydrogen-bond acceptors (Lipinski definition) is 8. The van der Waals surface area contributed by atoms with Crippen LogP contribution in [0, 0.1) is 17.8 Å². The van der Waals surface area contributed by atoms with Crippen LogP contribution in [0.15, 0.2) is 41.9 Å². The maximum absolute atomic E-state index is 12.0. The van der Waals surface area contributed by atoms with Crippen LogP contribution in [0.4, 0.5) is 34.6 Å². The molecule has 8 N–H and O–H groups in total. The van der Waals surface area contributed by atoms with Gasteiger partial charge in [-0.3, -0.25) is 9.79 Å². The number of aromatic nitrogens is 2. The Morgan fingerprint density at radius 3 is 2.70 bits per heavy atom. The van der Waals surface area contributed by atoms with E-state index in [-0.39, 0.29) is 41.5 Å². The van der Waals surface area contributed by atoms with Crippen LogP contribution in [0.25, 0.3) is 6.08 Å². The van der Waals surface area contributed by atoms with Crippen molar-refractivity contribution in [2.45, 2.75) is 12.5 Å². The van der Waals surface area contributed by atoms with Crippen molar-refractivity contribution in [1.82, 2.24) is 9.97 Å². The van der Waals surface area contributed by atoms with Gasteiger partial charge in [-0.15, -0.1) is 0 Å². The highest BCUT2D eigenvalue weighted by atomic mass is 16.1. The van der Waals surface area contributed by atoms with E-state index in [0.717, 1.165) is 17.7 Å². The number of hydrogen-bond donors (Lipinski definition) is 5. The maximum atomic E-state index is 12.0. The summed E-state index contributed by atoms with van der Waals surface area (Å²) in [6.45, 7) is 7.33. The van der Waals surface area contributed by atoms with Crippen LogP contribution in [0.2, 0.25) is 0 Å². The molecule has 1 fully saturated rings. The lowest BCUT2D eigenvalue weighted by Crippen LogP contribution is -2.41. The summed E-state index contributed by atoms with van der Waals surface area (Å²) < 4.78 is 0. The highest BCUT2D eigenvalue weighted by Gasteiger charge is 2.47. The predicted octanol–water partition coefficient (Wildman–Crippen LogP) is 2.45. The summed E-state index contributed by atoms with van der Waals surface area (Å²) in [6.07, 6.45) is 6.71. The Bertz CT molecular complexity index is 1060. The quantitative estimate of drug-likeness (QED) is 0.269. The van der Waals surface area contributed by atoms with E-state index in [9.17, 15) is 4.79 Å². The predicted molar refractivity (Wildman–Crippen MR) is 121 cm³/mol. The standard InChI is InChI=1S/C21H24N8O/c1-3-10-9-13(6-7-14(10)22)26-21-28-18(23)17(25-2)20(29-21)27-16-12-5-4-11(8-12)15(16)19(24)30/h3-7,9,11-12,15-16H,1-2,8,22H2,(H2,24,30)(H4,23,26,27,28,29). The lowest BCUT2D eigenvalue weighted by atomic mass is 9.88. The lowest BCUT2D eigenvalue weighted by molar-refractivity contribution is -0.122. The molecule has 1 heterocycles. The summed E-state index contributed by atoms with van der Waals surface area (Å²) in [6, 6.07) is 5.21. The zero-order chi connectivity index (χ0) is 21.4. The third-order valence-corrected chi connectivity index (χ3v) is 5.72. The van der Waals surface area contributed by atoms with Crippen LogP contribution in [0.5, 0.6) is 0 Å². The first kappa shape index (κ1) is 19.4. The van der Waals surface area contributed by atoms with E-state index in [2.05, 4.69) is 51.0 Å². The fraction of sp³-hybridized carbons (Fsp3) is 0.238. The molecule has 9 nitrogen and oxygen atoms in total. The number of carbonyl (C=O) groups is 1. The number of primary amides is 1. The minimum atomic E-state index is -0.336. The second kappa shape index (κ2) is 7.51. The van der Waals surface area contributed by atoms with Gasteiger partial charge in [0.1, 0.15) is 5.69 Å². The Balaban J connectivity index is 1.66. The van der Waals surface area contributed by atoms with Crippen LogP contribution < -0.4 is 27.8 Å². The number of benzene rings is 1. The molecule has 1 aromatic carbocycles. The summed E-state index contributed by atoms with van der Waals surface area (Å²) in [5.74, 6) is 0.500. The summed E-state index contributed by atoms with van der Waals surface area (Å²) in [7, 11) is 0. The van der Waals surface area contributed by atoms with Crippen molar-refractivity contribution in [3.05, 3.63) is 42.5 Å². The number of fused-ring (bicyclic) bond motifs is 2. The van der Waals surface area contributed by atoms with Crippen LogP contribution in [0.3, 0.4) is 0 Å². The molecule has 4 rings (SSSR count). The average Bonchev–Trinajstić information content (AvgIpc) is 3.31. The summed E-state index contributed by atoms with van der Waals surface area (Å²) >= 11 is 0. The molecule has 2 aromatic rings. The smallest absolute Gasteiger partial charge is 0.231 e. The molecular weight excluding hydrogens is 380 g/mol.